The number of aryl methyl sites for hydroxylation is 2. The van der Waals surface area contributed by atoms with Gasteiger partial charge in [-0.15, -0.1) is 0 Å². The van der Waals surface area contributed by atoms with Gasteiger partial charge in [-0.25, -0.2) is 4.98 Å². The number of halogens is 1. The Hall–Kier alpha value is -2.24. The van der Waals surface area contributed by atoms with E-state index in [0.29, 0.717) is 11.3 Å². The number of nitrogens with zero attached hydrogens (tertiary/aromatic N) is 3. The smallest absolute Gasteiger partial charge is 0.260 e. The molecule has 2 heterocycles. The van der Waals surface area contributed by atoms with Crippen LogP contribution < -0.4 is 5.32 Å². The van der Waals surface area contributed by atoms with Gasteiger partial charge in [0, 0.05) is 12.7 Å². The van der Waals surface area contributed by atoms with Crippen LogP contribution in [0.1, 0.15) is 21.7 Å². The Labute approximate surface area is 104 Å². The fourth-order valence-corrected chi connectivity index (χ4v) is 1.76. The van der Waals surface area contributed by atoms with Crippen molar-refractivity contribution in [2.45, 2.75) is 13.8 Å². The highest BCUT2D eigenvalue weighted by Crippen LogP contribution is 2.14. The van der Waals surface area contributed by atoms with Crippen LogP contribution in [0, 0.1) is 19.8 Å². The normalized spacial score (nSPS) is 10.4. The van der Waals surface area contributed by atoms with Gasteiger partial charge in [0.05, 0.1) is 11.3 Å². The molecule has 6 heteroatoms. The molecule has 18 heavy (non-hydrogen) atoms. The molecule has 0 atom stereocenters. The number of carbonyl (C=O) groups excluding carboxylic acids is 1. The second-order valence-corrected chi connectivity index (χ2v) is 3.97. The molecule has 0 aliphatic carbocycles. The molecule has 0 saturated carbocycles. The van der Waals surface area contributed by atoms with E-state index in [4.69, 9.17) is 0 Å². The number of hydrogen-bond acceptors (Lipinski definition) is 3. The lowest BCUT2D eigenvalue weighted by Gasteiger charge is -2.04. The van der Waals surface area contributed by atoms with Gasteiger partial charge in [0.2, 0.25) is 5.95 Å². The van der Waals surface area contributed by atoms with E-state index in [-0.39, 0.29) is 11.7 Å². The molecule has 5 nitrogen and oxygen atoms in total. The molecule has 0 aromatic carbocycles. The van der Waals surface area contributed by atoms with E-state index in [0.717, 1.165) is 5.69 Å². The van der Waals surface area contributed by atoms with Crippen molar-refractivity contribution < 1.29 is 9.18 Å². The number of carbonyl (C=O) groups is 1. The van der Waals surface area contributed by atoms with Crippen LogP contribution in [0.3, 0.4) is 0 Å². The highest BCUT2D eigenvalue weighted by Gasteiger charge is 2.17. The van der Waals surface area contributed by atoms with Crippen LogP contribution in [0.4, 0.5) is 10.2 Å². The van der Waals surface area contributed by atoms with Crippen molar-refractivity contribution in [1.29, 1.82) is 0 Å². The zero-order chi connectivity index (χ0) is 13.3. The Balaban J connectivity index is 2.27. The van der Waals surface area contributed by atoms with Crippen LogP contribution in [0.25, 0.3) is 0 Å². The average Bonchev–Trinajstić information content (AvgIpc) is 2.53. The number of aromatic nitrogens is 3. The molecular formula is C12H13FN4O. The van der Waals surface area contributed by atoms with Crippen molar-refractivity contribution in [3.63, 3.8) is 0 Å². The van der Waals surface area contributed by atoms with Crippen LogP contribution in [0.5, 0.6) is 0 Å². The highest BCUT2D eigenvalue weighted by atomic mass is 19.1. The molecule has 1 N–H and O–H groups in total. The Morgan fingerprint density at radius 1 is 1.39 bits per heavy atom. The van der Waals surface area contributed by atoms with Crippen LogP contribution in [-0.2, 0) is 7.05 Å². The van der Waals surface area contributed by atoms with E-state index in [1.807, 2.05) is 0 Å². The summed E-state index contributed by atoms with van der Waals surface area (Å²) in [6.45, 7) is 3.55. The van der Waals surface area contributed by atoms with E-state index in [9.17, 15) is 9.18 Å². The maximum absolute atomic E-state index is 12.9. The molecule has 2 aromatic heterocycles. The standard InChI is InChI=1S/C12H13FN4O/c1-7-11(8(2)17(3)16-7)12(18)15-10-6-4-5-9(13)14-10/h4-6H,1-3H3,(H,14,15,18). The first-order valence-corrected chi connectivity index (χ1v) is 5.43. The predicted molar refractivity (Wildman–Crippen MR) is 64.8 cm³/mol. The van der Waals surface area contributed by atoms with Gasteiger partial charge in [0.15, 0.2) is 0 Å². The Morgan fingerprint density at radius 2 is 2.11 bits per heavy atom. The molecule has 0 aliphatic heterocycles. The fraction of sp³-hybridized carbons (Fsp3) is 0.250. The SMILES string of the molecule is Cc1nn(C)c(C)c1C(=O)Nc1cccc(F)n1. The fourth-order valence-electron chi connectivity index (χ4n) is 1.76. The summed E-state index contributed by atoms with van der Waals surface area (Å²) >= 11 is 0. The van der Waals surface area contributed by atoms with Crippen molar-refractivity contribution in [2.24, 2.45) is 7.05 Å². The molecular weight excluding hydrogens is 235 g/mol. The topological polar surface area (TPSA) is 59.8 Å². The summed E-state index contributed by atoms with van der Waals surface area (Å²) in [5.74, 6) is -0.786. The summed E-state index contributed by atoms with van der Waals surface area (Å²) in [7, 11) is 1.76. The van der Waals surface area contributed by atoms with Crippen LogP contribution >= 0.6 is 0 Å². The molecule has 94 valence electrons. The van der Waals surface area contributed by atoms with Crippen LogP contribution in [0.2, 0.25) is 0 Å². The van der Waals surface area contributed by atoms with Gasteiger partial charge in [-0.3, -0.25) is 9.48 Å². The summed E-state index contributed by atoms with van der Waals surface area (Å²) in [5.41, 5.74) is 1.87. The van der Waals surface area contributed by atoms with Crippen molar-refractivity contribution in [2.75, 3.05) is 5.32 Å². The van der Waals surface area contributed by atoms with E-state index >= 15 is 0 Å². The summed E-state index contributed by atoms with van der Waals surface area (Å²) in [4.78, 5) is 15.6. The minimum Gasteiger partial charge on any atom is -0.306 e. The highest BCUT2D eigenvalue weighted by molar-refractivity contribution is 6.05. The van der Waals surface area contributed by atoms with Gasteiger partial charge in [0.25, 0.3) is 5.91 Å². The van der Waals surface area contributed by atoms with Gasteiger partial charge in [-0.2, -0.15) is 9.49 Å². The summed E-state index contributed by atoms with van der Waals surface area (Å²) in [6.07, 6.45) is 0. The quantitative estimate of drug-likeness (QED) is 0.825. The van der Waals surface area contributed by atoms with Crippen molar-refractivity contribution in [3.05, 3.63) is 41.1 Å². The van der Waals surface area contributed by atoms with E-state index in [1.54, 1.807) is 25.6 Å². The molecule has 1 amide bonds. The second kappa shape index (κ2) is 4.56. The molecule has 0 spiro atoms. The molecule has 0 saturated heterocycles. The van der Waals surface area contributed by atoms with Crippen LogP contribution in [-0.4, -0.2) is 20.7 Å². The Morgan fingerprint density at radius 3 is 2.67 bits per heavy atom. The number of rotatable bonds is 2. The number of anilines is 1. The summed E-state index contributed by atoms with van der Waals surface area (Å²) < 4.78 is 14.5. The third-order valence-corrected chi connectivity index (χ3v) is 2.69. The first-order valence-electron chi connectivity index (χ1n) is 5.43. The van der Waals surface area contributed by atoms with E-state index < -0.39 is 5.95 Å². The van der Waals surface area contributed by atoms with Crippen molar-refractivity contribution in [3.8, 4) is 0 Å². The lowest BCUT2D eigenvalue weighted by molar-refractivity contribution is 0.102. The lowest BCUT2D eigenvalue weighted by atomic mass is 10.2. The number of pyridine rings is 1. The largest absolute Gasteiger partial charge is 0.306 e. The van der Waals surface area contributed by atoms with E-state index in [2.05, 4.69) is 15.4 Å². The molecule has 0 bridgehead atoms. The third kappa shape index (κ3) is 2.22. The van der Waals surface area contributed by atoms with E-state index in [1.165, 1.54) is 18.2 Å². The molecule has 0 unspecified atom stereocenters. The molecule has 0 radical (unpaired) electrons. The number of hydrogen-bond donors (Lipinski definition) is 1. The minimum absolute atomic E-state index is 0.183. The van der Waals surface area contributed by atoms with Gasteiger partial charge >= 0.3 is 0 Å². The zero-order valence-electron chi connectivity index (χ0n) is 10.4. The van der Waals surface area contributed by atoms with Crippen molar-refractivity contribution >= 4 is 11.7 Å². The molecule has 0 aliphatic rings. The monoisotopic (exact) mass is 248 g/mol. The third-order valence-electron chi connectivity index (χ3n) is 2.69. The Kier molecular flexibility index (Phi) is 3.10. The minimum atomic E-state index is -0.632. The maximum atomic E-state index is 12.9. The zero-order valence-corrected chi connectivity index (χ0v) is 10.4. The first kappa shape index (κ1) is 12.2. The number of amides is 1. The summed E-state index contributed by atoms with van der Waals surface area (Å²) in [5, 5.41) is 6.70. The lowest BCUT2D eigenvalue weighted by Crippen LogP contribution is -2.15. The average molecular weight is 248 g/mol. The van der Waals surface area contributed by atoms with Gasteiger partial charge in [-0.1, -0.05) is 6.07 Å². The second-order valence-electron chi connectivity index (χ2n) is 3.97. The van der Waals surface area contributed by atoms with Gasteiger partial charge in [-0.05, 0) is 26.0 Å². The maximum Gasteiger partial charge on any atom is 0.260 e. The molecule has 2 aromatic rings. The predicted octanol–water partition coefficient (Wildman–Crippen LogP) is 1.82. The number of nitrogens with one attached hydrogen (secondary N) is 1. The van der Waals surface area contributed by atoms with Crippen molar-refractivity contribution in [1.82, 2.24) is 14.8 Å². The first-order chi connectivity index (χ1) is 8.49. The summed E-state index contributed by atoms with van der Waals surface area (Å²) in [6, 6.07) is 4.24. The van der Waals surface area contributed by atoms with Gasteiger partial charge < -0.3 is 5.32 Å². The molecule has 2 rings (SSSR count). The molecule has 0 fully saturated rings. The van der Waals surface area contributed by atoms with Crippen LogP contribution in [0.15, 0.2) is 18.2 Å². The Bertz CT molecular complexity index is 606. The van der Waals surface area contributed by atoms with Gasteiger partial charge in [0.1, 0.15) is 5.82 Å².